The summed E-state index contributed by atoms with van der Waals surface area (Å²) < 4.78 is 2.20. The molecule has 0 unspecified atom stereocenters. The lowest BCUT2D eigenvalue weighted by Gasteiger charge is -2.31. The summed E-state index contributed by atoms with van der Waals surface area (Å²) in [5, 5.41) is 0. The van der Waals surface area contributed by atoms with Crippen LogP contribution in [0.2, 0.25) is 0 Å². The molecule has 0 radical (unpaired) electrons. The number of aromatic nitrogens is 2. The molecule has 3 rings (SSSR count). The number of imidazole rings is 1. The molecule has 0 aliphatic carbocycles. The third-order valence-corrected chi connectivity index (χ3v) is 5.34. The van der Waals surface area contributed by atoms with Crippen LogP contribution in [-0.2, 0) is 17.9 Å². The minimum absolute atomic E-state index is 0.286. The van der Waals surface area contributed by atoms with Crippen molar-refractivity contribution in [3.05, 3.63) is 54.1 Å². The molecule has 2 heterocycles. The smallest absolute Gasteiger partial charge is 0.224 e. The fourth-order valence-electron chi connectivity index (χ4n) is 3.74. The molecule has 140 valence electrons. The van der Waals surface area contributed by atoms with Crippen LogP contribution in [0.4, 0.5) is 0 Å². The zero-order chi connectivity index (χ0) is 18.4. The maximum atomic E-state index is 12.7. The number of carbonyl (C=O) groups excluding carboxylic acids is 1. The largest absolute Gasteiger partial charge is 0.335 e. The van der Waals surface area contributed by atoms with Gasteiger partial charge in [-0.25, -0.2) is 4.98 Å². The van der Waals surface area contributed by atoms with Gasteiger partial charge in [-0.05, 0) is 31.9 Å². The summed E-state index contributed by atoms with van der Waals surface area (Å²) in [5.41, 5.74) is 1.21. The summed E-state index contributed by atoms with van der Waals surface area (Å²) in [6.45, 7) is 8.80. The second-order valence-electron chi connectivity index (χ2n) is 7.14. The van der Waals surface area contributed by atoms with Gasteiger partial charge in [0, 0.05) is 51.0 Å². The van der Waals surface area contributed by atoms with Gasteiger partial charge in [-0.3, -0.25) is 4.79 Å². The van der Waals surface area contributed by atoms with Crippen molar-refractivity contribution in [3.63, 3.8) is 0 Å². The molecule has 1 aliphatic rings. The molecule has 1 saturated heterocycles. The van der Waals surface area contributed by atoms with Crippen LogP contribution >= 0.6 is 0 Å². The van der Waals surface area contributed by atoms with Gasteiger partial charge in [-0.2, -0.15) is 0 Å². The lowest BCUT2D eigenvalue weighted by molar-refractivity contribution is -0.133. The topological polar surface area (TPSA) is 41.4 Å². The molecule has 2 aromatic rings. The fourth-order valence-corrected chi connectivity index (χ4v) is 3.74. The normalized spacial score (nSPS) is 18.9. The molecule has 1 amide bonds. The highest BCUT2D eigenvalue weighted by molar-refractivity contribution is 5.77. The van der Waals surface area contributed by atoms with E-state index in [1.807, 2.05) is 37.5 Å². The third-order valence-electron chi connectivity index (χ3n) is 5.34. The van der Waals surface area contributed by atoms with Gasteiger partial charge in [-0.15, -0.1) is 0 Å². The second-order valence-corrected chi connectivity index (χ2v) is 7.14. The van der Waals surface area contributed by atoms with Crippen LogP contribution in [0.5, 0.6) is 0 Å². The number of benzene rings is 1. The lowest BCUT2D eigenvalue weighted by atomic mass is 10.1. The number of carbonyl (C=O) groups is 1. The van der Waals surface area contributed by atoms with Gasteiger partial charge in [0.15, 0.2) is 0 Å². The van der Waals surface area contributed by atoms with Gasteiger partial charge in [0.1, 0.15) is 5.82 Å². The fraction of sp³-hybridized carbons (Fsp3) is 0.524. The van der Waals surface area contributed by atoms with E-state index >= 15 is 0 Å². The zero-order valence-electron chi connectivity index (χ0n) is 16.0. The van der Waals surface area contributed by atoms with E-state index in [2.05, 4.69) is 38.4 Å². The molecular formula is C21H30N4O. The molecule has 1 aliphatic heterocycles. The van der Waals surface area contributed by atoms with Crippen molar-refractivity contribution in [1.82, 2.24) is 19.4 Å². The van der Waals surface area contributed by atoms with Gasteiger partial charge in [0.05, 0.1) is 0 Å². The molecule has 26 heavy (non-hydrogen) atoms. The Morgan fingerprint density at radius 3 is 2.69 bits per heavy atom. The Balaban J connectivity index is 1.58. The molecule has 0 saturated carbocycles. The lowest BCUT2D eigenvalue weighted by Crippen LogP contribution is -2.42. The highest BCUT2D eigenvalue weighted by Crippen LogP contribution is 2.18. The van der Waals surface area contributed by atoms with Crippen molar-refractivity contribution < 1.29 is 4.79 Å². The summed E-state index contributed by atoms with van der Waals surface area (Å²) in [5.74, 6) is 1.35. The van der Waals surface area contributed by atoms with Gasteiger partial charge < -0.3 is 14.4 Å². The molecule has 1 fully saturated rings. The molecule has 5 heteroatoms. The number of aryl methyl sites for hydroxylation is 2. The Bertz CT molecular complexity index is 697. The Morgan fingerprint density at radius 1 is 1.19 bits per heavy atom. The minimum atomic E-state index is 0.286. The maximum Gasteiger partial charge on any atom is 0.224 e. The van der Waals surface area contributed by atoms with Crippen LogP contribution in [0.15, 0.2) is 42.7 Å². The van der Waals surface area contributed by atoms with Crippen molar-refractivity contribution in [2.45, 2.75) is 52.2 Å². The van der Waals surface area contributed by atoms with E-state index in [4.69, 9.17) is 0 Å². The average Bonchev–Trinajstić information content (AvgIpc) is 3.00. The Hall–Kier alpha value is -2.14. The van der Waals surface area contributed by atoms with Crippen molar-refractivity contribution in [3.8, 4) is 0 Å². The number of amides is 1. The summed E-state index contributed by atoms with van der Waals surface area (Å²) in [4.78, 5) is 21.6. The van der Waals surface area contributed by atoms with Crippen LogP contribution < -0.4 is 0 Å². The molecule has 0 N–H and O–H groups in total. The van der Waals surface area contributed by atoms with Crippen LogP contribution in [0.25, 0.3) is 0 Å². The predicted octanol–water partition coefficient (Wildman–Crippen LogP) is 3.09. The first-order chi connectivity index (χ1) is 12.7. The molecular weight excluding hydrogens is 324 g/mol. The Kier molecular flexibility index (Phi) is 6.45. The Morgan fingerprint density at radius 2 is 2.00 bits per heavy atom. The Labute approximate surface area is 156 Å². The minimum Gasteiger partial charge on any atom is -0.335 e. The first-order valence-corrected chi connectivity index (χ1v) is 9.71. The second kappa shape index (κ2) is 8.99. The molecule has 5 nitrogen and oxygen atoms in total. The summed E-state index contributed by atoms with van der Waals surface area (Å²) in [7, 11) is 0. The van der Waals surface area contributed by atoms with Crippen LogP contribution in [0, 0.1) is 6.92 Å². The molecule has 0 bridgehead atoms. The maximum absolute atomic E-state index is 12.7. The number of rotatable bonds is 7. The van der Waals surface area contributed by atoms with Gasteiger partial charge in [0.2, 0.25) is 5.91 Å². The SMILES string of the molecule is CC[C@@H]1CN(CCCn2ccnc2C)CCC(=O)N1Cc1ccccc1. The van der Waals surface area contributed by atoms with E-state index in [0.717, 1.165) is 51.4 Å². The van der Waals surface area contributed by atoms with Crippen LogP contribution in [0.1, 0.15) is 37.6 Å². The molecule has 1 aromatic carbocycles. The van der Waals surface area contributed by atoms with E-state index in [0.29, 0.717) is 12.5 Å². The number of hydrogen-bond acceptors (Lipinski definition) is 3. The third kappa shape index (κ3) is 4.73. The van der Waals surface area contributed by atoms with E-state index in [1.165, 1.54) is 5.56 Å². The van der Waals surface area contributed by atoms with Crippen LogP contribution in [0.3, 0.4) is 0 Å². The monoisotopic (exact) mass is 354 g/mol. The zero-order valence-corrected chi connectivity index (χ0v) is 16.0. The van der Waals surface area contributed by atoms with Crippen LogP contribution in [-0.4, -0.2) is 50.9 Å². The summed E-state index contributed by atoms with van der Waals surface area (Å²) in [6.07, 6.45) is 6.59. The number of nitrogens with zero attached hydrogens (tertiary/aromatic N) is 4. The van der Waals surface area contributed by atoms with Crippen molar-refractivity contribution >= 4 is 5.91 Å². The van der Waals surface area contributed by atoms with E-state index in [1.54, 1.807) is 0 Å². The van der Waals surface area contributed by atoms with Gasteiger partial charge >= 0.3 is 0 Å². The highest BCUT2D eigenvalue weighted by Gasteiger charge is 2.28. The van der Waals surface area contributed by atoms with E-state index in [9.17, 15) is 4.79 Å². The average molecular weight is 354 g/mol. The van der Waals surface area contributed by atoms with E-state index in [-0.39, 0.29) is 5.91 Å². The predicted molar refractivity (Wildman–Crippen MR) is 104 cm³/mol. The first kappa shape index (κ1) is 18.6. The molecule has 1 aromatic heterocycles. The van der Waals surface area contributed by atoms with Crippen molar-refractivity contribution in [2.24, 2.45) is 0 Å². The standard InChI is InChI=1S/C21H30N4O/c1-3-20-17-23(12-7-13-24-15-11-22-18(24)2)14-10-21(26)25(20)16-19-8-5-4-6-9-19/h4-6,8-9,11,15,20H,3,7,10,12-14,16-17H2,1-2H3/t20-/m1/s1. The van der Waals surface area contributed by atoms with Crippen molar-refractivity contribution in [1.29, 1.82) is 0 Å². The van der Waals surface area contributed by atoms with E-state index < -0.39 is 0 Å². The van der Waals surface area contributed by atoms with Gasteiger partial charge in [-0.1, -0.05) is 37.3 Å². The highest BCUT2D eigenvalue weighted by atomic mass is 16.2. The quantitative estimate of drug-likeness (QED) is 0.767. The first-order valence-electron chi connectivity index (χ1n) is 9.71. The van der Waals surface area contributed by atoms with Crippen molar-refractivity contribution in [2.75, 3.05) is 19.6 Å². The summed E-state index contributed by atoms with van der Waals surface area (Å²) in [6, 6.07) is 10.6. The summed E-state index contributed by atoms with van der Waals surface area (Å²) >= 11 is 0. The van der Waals surface area contributed by atoms with Gasteiger partial charge in [0.25, 0.3) is 0 Å². The molecule has 1 atom stereocenters. The molecule has 0 spiro atoms. The number of hydrogen-bond donors (Lipinski definition) is 0.